The van der Waals surface area contributed by atoms with Crippen LogP contribution in [0.3, 0.4) is 0 Å². The van der Waals surface area contributed by atoms with Gasteiger partial charge < -0.3 is 19.4 Å². The van der Waals surface area contributed by atoms with E-state index in [0.29, 0.717) is 31.2 Å². The zero-order chi connectivity index (χ0) is 24.7. The first-order valence-electron chi connectivity index (χ1n) is 12.2. The van der Waals surface area contributed by atoms with Crippen LogP contribution < -0.4 is 5.32 Å². The average molecular weight is 489 g/mol. The number of rotatable bonds is 7. The first-order chi connectivity index (χ1) is 16.8. The van der Waals surface area contributed by atoms with Crippen molar-refractivity contribution in [3.05, 3.63) is 76.4 Å². The predicted octanol–water partition coefficient (Wildman–Crippen LogP) is 5.38. The number of aryl methyl sites for hydroxylation is 1. The molecule has 0 bridgehead atoms. The summed E-state index contributed by atoms with van der Waals surface area (Å²) >= 11 is 1.61. The molecule has 1 aromatic carbocycles. The molecule has 1 aliphatic heterocycles. The summed E-state index contributed by atoms with van der Waals surface area (Å²) in [6, 6.07) is 14.2. The van der Waals surface area contributed by atoms with Crippen molar-refractivity contribution in [2.24, 2.45) is 5.92 Å². The Morgan fingerprint density at radius 2 is 1.94 bits per heavy atom. The van der Waals surface area contributed by atoms with Crippen molar-refractivity contribution in [2.45, 2.75) is 52.7 Å². The number of carbonyl (C=O) groups excluding carboxylic acids is 2. The minimum Gasteiger partial charge on any atom is -0.354 e. The Kier molecular flexibility index (Phi) is 6.05. The van der Waals surface area contributed by atoms with Crippen LogP contribution in [0, 0.1) is 12.8 Å². The number of amides is 2. The van der Waals surface area contributed by atoms with Gasteiger partial charge in [0.1, 0.15) is 11.2 Å². The second-order valence-corrected chi connectivity index (χ2v) is 11.1. The minimum atomic E-state index is -1.02. The molecule has 1 atom stereocenters. The van der Waals surface area contributed by atoms with Gasteiger partial charge in [0.05, 0.1) is 24.3 Å². The topological polar surface area (TPSA) is 59.3 Å². The highest BCUT2D eigenvalue weighted by Crippen LogP contribution is 2.39. The van der Waals surface area contributed by atoms with E-state index in [4.69, 9.17) is 0 Å². The summed E-state index contributed by atoms with van der Waals surface area (Å²) in [5, 5.41) is 6.16. The van der Waals surface area contributed by atoms with Crippen LogP contribution in [0.1, 0.15) is 48.1 Å². The fourth-order valence-corrected chi connectivity index (χ4v) is 5.68. The third-order valence-electron chi connectivity index (χ3n) is 6.95. The number of hydrogen-bond acceptors (Lipinski definition) is 3. The molecule has 6 nitrogen and oxygen atoms in total. The molecule has 5 rings (SSSR count). The van der Waals surface area contributed by atoms with E-state index < -0.39 is 5.54 Å². The second-order valence-electron chi connectivity index (χ2n) is 10.1. The maximum atomic E-state index is 14.3. The second kappa shape index (κ2) is 9.04. The molecule has 4 aromatic rings. The monoisotopic (exact) mass is 488 g/mol. The number of aromatic nitrogens is 2. The molecule has 7 heteroatoms. The largest absolute Gasteiger partial charge is 0.354 e. The average Bonchev–Trinajstić information content (AvgIpc) is 3.57. The lowest BCUT2D eigenvalue weighted by molar-refractivity contribution is -0.133. The molecule has 0 unspecified atom stereocenters. The molecule has 3 aromatic heterocycles. The van der Waals surface area contributed by atoms with Crippen LogP contribution in [-0.4, -0.2) is 37.9 Å². The quantitative estimate of drug-likeness (QED) is 0.380. The smallest absolute Gasteiger partial charge is 0.273 e. The van der Waals surface area contributed by atoms with Crippen molar-refractivity contribution >= 4 is 34.1 Å². The zero-order valence-electron chi connectivity index (χ0n) is 20.7. The molecule has 1 aliphatic rings. The Morgan fingerprint density at radius 3 is 2.63 bits per heavy atom. The molecule has 0 spiro atoms. The van der Waals surface area contributed by atoms with Crippen LogP contribution in [0.4, 0.5) is 0 Å². The third-order valence-corrected chi connectivity index (χ3v) is 7.82. The summed E-state index contributed by atoms with van der Waals surface area (Å²) in [7, 11) is 0. The molecule has 0 fully saturated rings. The van der Waals surface area contributed by atoms with Gasteiger partial charge >= 0.3 is 0 Å². The molecule has 0 saturated carbocycles. The van der Waals surface area contributed by atoms with Gasteiger partial charge in [0.2, 0.25) is 5.91 Å². The summed E-state index contributed by atoms with van der Waals surface area (Å²) in [6.45, 7) is 9.65. The van der Waals surface area contributed by atoms with E-state index in [-0.39, 0.29) is 11.8 Å². The van der Waals surface area contributed by atoms with E-state index in [1.807, 2.05) is 53.5 Å². The SMILES string of the molecule is Cc1ccc2c(c1)c(-n1cccc1)c1n2C[C@](C)(C(=O)NCCC(C)C)N(Cc2cccs2)C1=O. The third kappa shape index (κ3) is 4.08. The lowest BCUT2D eigenvalue weighted by Gasteiger charge is -2.44. The Hall–Kier alpha value is -3.32. The fraction of sp³-hybridized carbons (Fsp3) is 0.357. The van der Waals surface area contributed by atoms with Gasteiger partial charge in [0.25, 0.3) is 5.91 Å². The lowest BCUT2D eigenvalue weighted by Crippen LogP contribution is -2.63. The normalized spacial score (nSPS) is 17.9. The summed E-state index contributed by atoms with van der Waals surface area (Å²) in [5.74, 6) is 0.263. The zero-order valence-corrected chi connectivity index (χ0v) is 21.6. The van der Waals surface area contributed by atoms with Crippen molar-refractivity contribution in [1.29, 1.82) is 0 Å². The van der Waals surface area contributed by atoms with Gasteiger partial charge in [-0.25, -0.2) is 0 Å². The summed E-state index contributed by atoms with van der Waals surface area (Å²) in [5.41, 5.74) is 2.59. The molecule has 0 radical (unpaired) electrons. The number of fused-ring (bicyclic) bond motifs is 3. The molecule has 0 aliphatic carbocycles. The van der Waals surface area contributed by atoms with E-state index in [9.17, 15) is 9.59 Å². The number of thiophene rings is 1. The molecule has 182 valence electrons. The van der Waals surface area contributed by atoms with Gasteiger partial charge in [-0.15, -0.1) is 11.3 Å². The lowest BCUT2D eigenvalue weighted by atomic mass is 9.94. The maximum absolute atomic E-state index is 14.3. The molecule has 4 heterocycles. The van der Waals surface area contributed by atoms with Crippen LogP contribution in [-0.2, 0) is 17.9 Å². The maximum Gasteiger partial charge on any atom is 0.273 e. The molecule has 2 amide bonds. The van der Waals surface area contributed by atoms with Gasteiger partial charge in [-0.1, -0.05) is 31.5 Å². The van der Waals surface area contributed by atoms with Crippen LogP contribution in [0.2, 0.25) is 0 Å². The van der Waals surface area contributed by atoms with E-state index in [2.05, 4.69) is 48.9 Å². The van der Waals surface area contributed by atoms with Crippen LogP contribution in [0.15, 0.2) is 60.2 Å². The van der Waals surface area contributed by atoms with Crippen molar-refractivity contribution in [1.82, 2.24) is 19.4 Å². The van der Waals surface area contributed by atoms with Gasteiger partial charge in [0, 0.05) is 29.2 Å². The highest BCUT2D eigenvalue weighted by atomic mass is 32.1. The van der Waals surface area contributed by atoms with Crippen molar-refractivity contribution in [3.63, 3.8) is 0 Å². The molecule has 0 saturated heterocycles. The molecular formula is C28H32N4O2S. The Morgan fingerprint density at radius 1 is 1.17 bits per heavy atom. The Bertz CT molecular complexity index is 1370. The van der Waals surface area contributed by atoms with Crippen LogP contribution in [0.25, 0.3) is 16.6 Å². The standard InChI is InChI=1S/C28H32N4O2S/c1-19(2)11-12-29-27(34)28(4)18-31-23-10-9-20(3)16-22(23)24(30-13-5-6-14-30)25(31)26(33)32(28)17-21-8-7-15-35-21/h5-10,13-16,19H,11-12,17-18H2,1-4H3,(H,29,34)/t28-/m1/s1. The van der Waals surface area contributed by atoms with Gasteiger partial charge in [-0.3, -0.25) is 9.59 Å². The fourth-order valence-electron chi connectivity index (χ4n) is 4.99. The molecule has 35 heavy (non-hydrogen) atoms. The first kappa shape index (κ1) is 23.4. The highest BCUT2D eigenvalue weighted by molar-refractivity contribution is 7.09. The van der Waals surface area contributed by atoms with E-state index in [1.165, 1.54) is 0 Å². The Labute approximate surface area is 210 Å². The number of hydrogen-bond donors (Lipinski definition) is 1. The van der Waals surface area contributed by atoms with Crippen LogP contribution >= 0.6 is 11.3 Å². The summed E-state index contributed by atoms with van der Waals surface area (Å²) < 4.78 is 4.07. The van der Waals surface area contributed by atoms with E-state index in [1.54, 1.807) is 16.2 Å². The number of nitrogens with zero attached hydrogens (tertiary/aromatic N) is 3. The molecular weight excluding hydrogens is 456 g/mol. The van der Waals surface area contributed by atoms with Gasteiger partial charge in [-0.2, -0.15) is 0 Å². The first-order valence-corrected chi connectivity index (χ1v) is 13.1. The Balaban J connectivity index is 1.67. The van der Waals surface area contributed by atoms with Crippen molar-refractivity contribution < 1.29 is 9.59 Å². The highest BCUT2D eigenvalue weighted by Gasteiger charge is 2.49. The minimum absolute atomic E-state index is 0.106. The summed E-state index contributed by atoms with van der Waals surface area (Å²) in [4.78, 5) is 30.9. The number of carbonyl (C=O) groups is 2. The molecule has 1 N–H and O–H groups in total. The number of nitrogens with one attached hydrogen (secondary N) is 1. The predicted molar refractivity (Wildman–Crippen MR) is 141 cm³/mol. The van der Waals surface area contributed by atoms with Gasteiger partial charge in [0.15, 0.2) is 0 Å². The van der Waals surface area contributed by atoms with E-state index in [0.717, 1.165) is 33.5 Å². The van der Waals surface area contributed by atoms with Crippen molar-refractivity contribution in [2.75, 3.05) is 6.54 Å². The van der Waals surface area contributed by atoms with E-state index >= 15 is 0 Å². The van der Waals surface area contributed by atoms with Crippen molar-refractivity contribution in [3.8, 4) is 5.69 Å². The van der Waals surface area contributed by atoms with Crippen LogP contribution in [0.5, 0.6) is 0 Å². The number of benzene rings is 1. The summed E-state index contributed by atoms with van der Waals surface area (Å²) in [6.07, 6.45) is 4.85. The van der Waals surface area contributed by atoms with Gasteiger partial charge in [-0.05, 0) is 61.9 Å².